The van der Waals surface area contributed by atoms with Crippen molar-refractivity contribution in [2.24, 2.45) is 0 Å². The van der Waals surface area contributed by atoms with Crippen molar-refractivity contribution in [1.29, 1.82) is 0 Å². The highest BCUT2D eigenvalue weighted by Gasteiger charge is 2.21. The second-order valence-electron chi connectivity index (χ2n) is 3.29. The van der Waals surface area contributed by atoms with Crippen LogP contribution in [0.3, 0.4) is 0 Å². The molecule has 0 fully saturated rings. The summed E-state index contributed by atoms with van der Waals surface area (Å²) in [5, 5.41) is 3.24. The molecule has 2 aliphatic rings. The summed E-state index contributed by atoms with van der Waals surface area (Å²) in [5.74, 6) is 0.387. The van der Waals surface area contributed by atoms with Crippen LogP contribution >= 0.6 is 0 Å². The normalized spacial score (nSPS) is 25.3. The molecule has 0 aromatic heterocycles. The third-order valence-corrected chi connectivity index (χ3v) is 2.55. The van der Waals surface area contributed by atoms with Crippen LogP contribution in [0.1, 0.15) is 25.7 Å². The van der Waals surface area contributed by atoms with E-state index in [1.54, 1.807) is 0 Å². The average Bonchev–Trinajstić information content (AvgIpc) is 2.06. The van der Waals surface area contributed by atoms with Gasteiger partial charge >= 0.3 is 0 Å². The molecule has 11 heavy (non-hydrogen) atoms. The lowest BCUT2D eigenvalue weighted by Crippen LogP contribution is -2.30. The lowest BCUT2D eigenvalue weighted by molar-refractivity contribution is -0.116. The van der Waals surface area contributed by atoms with E-state index < -0.39 is 0 Å². The first-order valence-electron chi connectivity index (χ1n) is 4.33. The Morgan fingerprint density at radius 2 is 2.09 bits per heavy atom. The van der Waals surface area contributed by atoms with E-state index in [0.717, 1.165) is 37.9 Å². The van der Waals surface area contributed by atoms with E-state index in [-0.39, 0.29) is 0 Å². The van der Waals surface area contributed by atoms with E-state index in [9.17, 15) is 4.79 Å². The largest absolute Gasteiger partial charge is 0.312 e. The second kappa shape index (κ2) is 2.78. The van der Waals surface area contributed by atoms with Gasteiger partial charge in [0.1, 0.15) is 0 Å². The minimum atomic E-state index is 0.387. The molecule has 60 valence electrons. The lowest BCUT2D eigenvalue weighted by Gasteiger charge is -2.24. The number of carbonyl (C=O) groups excluding carboxylic acids is 1. The van der Waals surface area contributed by atoms with E-state index in [1.807, 2.05) is 0 Å². The summed E-state index contributed by atoms with van der Waals surface area (Å²) in [6.45, 7) is 1.89. The number of Topliss-reactive ketones (excluding diaryl/α,β-unsaturated/α-hetero) is 1. The highest BCUT2D eigenvalue weighted by Crippen LogP contribution is 2.25. The average molecular weight is 151 g/mol. The first-order valence-corrected chi connectivity index (χ1v) is 4.33. The number of carbonyl (C=O) groups is 1. The Morgan fingerprint density at radius 1 is 1.18 bits per heavy atom. The fourth-order valence-corrected chi connectivity index (χ4v) is 1.91. The van der Waals surface area contributed by atoms with Crippen LogP contribution in [0.25, 0.3) is 0 Å². The third-order valence-electron chi connectivity index (χ3n) is 2.55. The Kier molecular flexibility index (Phi) is 1.78. The van der Waals surface area contributed by atoms with Crippen LogP contribution in [0.4, 0.5) is 0 Å². The summed E-state index contributed by atoms with van der Waals surface area (Å²) in [4.78, 5) is 11.3. The standard InChI is InChI=1S/C9H13NO/c11-9-3-1-2-7-4-5-10-6-8(7)9/h10H,1-6H2. The number of hydrogen-bond acceptors (Lipinski definition) is 2. The van der Waals surface area contributed by atoms with Gasteiger partial charge in [-0.05, 0) is 25.8 Å². The molecular weight excluding hydrogens is 138 g/mol. The molecule has 1 heterocycles. The van der Waals surface area contributed by atoms with Gasteiger partial charge in [-0.1, -0.05) is 5.57 Å². The SMILES string of the molecule is O=C1CCCC2=C1CNCC2. The second-order valence-corrected chi connectivity index (χ2v) is 3.29. The molecule has 2 nitrogen and oxygen atoms in total. The van der Waals surface area contributed by atoms with Crippen LogP contribution in [-0.2, 0) is 4.79 Å². The Hall–Kier alpha value is -0.630. The molecule has 0 aromatic rings. The summed E-state index contributed by atoms with van der Waals surface area (Å²) < 4.78 is 0. The quantitative estimate of drug-likeness (QED) is 0.560. The molecule has 2 rings (SSSR count). The zero-order valence-electron chi connectivity index (χ0n) is 6.65. The number of hydrogen-bond donors (Lipinski definition) is 1. The number of rotatable bonds is 0. The van der Waals surface area contributed by atoms with Gasteiger partial charge in [-0.2, -0.15) is 0 Å². The summed E-state index contributed by atoms with van der Waals surface area (Å²) >= 11 is 0. The maximum absolute atomic E-state index is 11.3. The molecule has 0 aromatic carbocycles. The van der Waals surface area contributed by atoms with Crippen LogP contribution in [0, 0.1) is 0 Å². The molecule has 0 spiro atoms. The lowest BCUT2D eigenvalue weighted by atomic mass is 9.87. The van der Waals surface area contributed by atoms with E-state index in [4.69, 9.17) is 0 Å². The summed E-state index contributed by atoms with van der Waals surface area (Å²) in [6, 6.07) is 0. The summed E-state index contributed by atoms with van der Waals surface area (Å²) in [7, 11) is 0. The van der Waals surface area contributed by atoms with Gasteiger partial charge in [-0.3, -0.25) is 4.79 Å². The zero-order chi connectivity index (χ0) is 7.68. The monoisotopic (exact) mass is 151 g/mol. The predicted octanol–water partition coefficient (Wildman–Crippen LogP) is 1.03. The molecule has 2 heteroatoms. The zero-order valence-corrected chi connectivity index (χ0v) is 6.65. The molecule has 1 aliphatic heterocycles. The van der Waals surface area contributed by atoms with Crippen molar-refractivity contribution in [2.75, 3.05) is 13.1 Å². The smallest absolute Gasteiger partial charge is 0.160 e. The third kappa shape index (κ3) is 1.23. The van der Waals surface area contributed by atoms with Gasteiger partial charge in [0.2, 0.25) is 0 Å². The van der Waals surface area contributed by atoms with E-state index in [1.165, 1.54) is 12.0 Å². The Morgan fingerprint density at radius 3 is 2.91 bits per heavy atom. The van der Waals surface area contributed by atoms with Gasteiger partial charge in [-0.15, -0.1) is 0 Å². The molecule has 0 unspecified atom stereocenters. The first kappa shape index (κ1) is 7.04. The van der Waals surface area contributed by atoms with Crippen molar-refractivity contribution < 1.29 is 4.79 Å². The maximum atomic E-state index is 11.3. The fourth-order valence-electron chi connectivity index (χ4n) is 1.91. The highest BCUT2D eigenvalue weighted by molar-refractivity contribution is 5.97. The number of ketones is 1. The number of nitrogens with one attached hydrogen (secondary N) is 1. The van der Waals surface area contributed by atoms with E-state index in [0.29, 0.717) is 5.78 Å². The van der Waals surface area contributed by atoms with Crippen LogP contribution in [0.15, 0.2) is 11.1 Å². The molecule has 0 saturated carbocycles. The molecule has 1 aliphatic carbocycles. The summed E-state index contributed by atoms with van der Waals surface area (Å²) in [5.41, 5.74) is 2.53. The van der Waals surface area contributed by atoms with Gasteiger partial charge in [0.05, 0.1) is 0 Å². The maximum Gasteiger partial charge on any atom is 0.160 e. The van der Waals surface area contributed by atoms with Crippen LogP contribution in [-0.4, -0.2) is 18.9 Å². The van der Waals surface area contributed by atoms with E-state index in [2.05, 4.69) is 5.32 Å². The van der Waals surface area contributed by atoms with Gasteiger partial charge in [0.15, 0.2) is 5.78 Å². The molecule has 0 bridgehead atoms. The topological polar surface area (TPSA) is 29.1 Å². The molecular formula is C9H13NO. The van der Waals surface area contributed by atoms with Gasteiger partial charge in [0, 0.05) is 18.5 Å². The molecule has 1 N–H and O–H groups in total. The van der Waals surface area contributed by atoms with Crippen molar-refractivity contribution in [3.8, 4) is 0 Å². The van der Waals surface area contributed by atoms with Crippen molar-refractivity contribution in [2.45, 2.75) is 25.7 Å². The summed E-state index contributed by atoms with van der Waals surface area (Å²) in [6.07, 6.45) is 4.13. The van der Waals surface area contributed by atoms with Gasteiger partial charge < -0.3 is 5.32 Å². The molecule has 0 amide bonds. The van der Waals surface area contributed by atoms with Crippen LogP contribution < -0.4 is 5.32 Å². The van der Waals surface area contributed by atoms with E-state index >= 15 is 0 Å². The van der Waals surface area contributed by atoms with Crippen molar-refractivity contribution >= 4 is 5.78 Å². The Labute approximate surface area is 66.7 Å². The highest BCUT2D eigenvalue weighted by atomic mass is 16.1. The molecule has 0 radical (unpaired) electrons. The Bertz CT molecular complexity index is 214. The first-order chi connectivity index (χ1) is 5.38. The van der Waals surface area contributed by atoms with Crippen molar-refractivity contribution in [3.63, 3.8) is 0 Å². The minimum Gasteiger partial charge on any atom is -0.312 e. The fraction of sp³-hybridized carbons (Fsp3) is 0.667. The van der Waals surface area contributed by atoms with Crippen molar-refractivity contribution in [1.82, 2.24) is 5.32 Å². The molecule has 0 saturated heterocycles. The molecule has 0 atom stereocenters. The Balaban J connectivity index is 2.27. The van der Waals surface area contributed by atoms with Crippen molar-refractivity contribution in [3.05, 3.63) is 11.1 Å². The van der Waals surface area contributed by atoms with Gasteiger partial charge in [0.25, 0.3) is 0 Å². The van der Waals surface area contributed by atoms with Crippen LogP contribution in [0.5, 0.6) is 0 Å². The van der Waals surface area contributed by atoms with Crippen LogP contribution in [0.2, 0.25) is 0 Å². The van der Waals surface area contributed by atoms with Gasteiger partial charge in [-0.25, -0.2) is 0 Å². The minimum absolute atomic E-state index is 0.387. The predicted molar refractivity (Wildman–Crippen MR) is 43.4 cm³/mol.